The zero-order chi connectivity index (χ0) is 9.97. The topological polar surface area (TPSA) is 66.0 Å². The summed E-state index contributed by atoms with van der Waals surface area (Å²) in [6.45, 7) is 1.81. The van der Waals surface area contributed by atoms with E-state index in [4.69, 9.17) is 4.84 Å². The van der Waals surface area contributed by atoms with Crippen LogP contribution >= 0.6 is 0 Å². The Labute approximate surface area is 80.8 Å². The Morgan fingerprint density at radius 2 is 2.57 bits per heavy atom. The maximum Gasteiger partial charge on any atom is 0.331 e. The molecule has 14 heavy (non-hydrogen) atoms. The van der Waals surface area contributed by atoms with E-state index >= 15 is 0 Å². The van der Waals surface area contributed by atoms with Crippen molar-refractivity contribution in [3.63, 3.8) is 0 Å². The third kappa shape index (κ3) is 1.60. The Morgan fingerprint density at radius 1 is 1.71 bits per heavy atom. The molecule has 2 aliphatic rings. The number of aliphatic imine (C=N–C) groups is 1. The van der Waals surface area contributed by atoms with E-state index in [0.717, 1.165) is 11.4 Å². The monoisotopic (exact) mass is 194 g/mol. The van der Waals surface area contributed by atoms with Gasteiger partial charge in [0, 0.05) is 13.1 Å². The van der Waals surface area contributed by atoms with E-state index in [2.05, 4.69) is 16.0 Å². The van der Waals surface area contributed by atoms with Crippen molar-refractivity contribution in [3.05, 3.63) is 23.5 Å². The Hall–Kier alpha value is -1.82. The first-order chi connectivity index (χ1) is 6.77. The number of hydrazine groups is 2. The summed E-state index contributed by atoms with van der Waals surface area (Å²) in [7, 11) is 0. The van der Waals surface area contributed by atoms with Crippen molar-refractivity contribution in [2.24, 2.45) is 4.99 Å². The number of hydrogen-bond donors (Lipinski definition) is 2. The molecule has 0 bridgehead atoms. The van der Waals surface area contributed by atoms with Crippen LogP contribution in [0.15, 0.2) is 28.5 Å². The molecule has 0 amide bonds. The highest BCUT2D eigenvalue weighted by atomic mass is 16.7. The van der Waals surface area contributed by atoms with Crippen molar-refractivity contribution in [1.29, 1.82) is 0 Å². The normalized spacial score (nSPS) is 19.1. The van der Waals surface area contributed by atoms with Gasteiger partial charge in [0.05, 0.1) is 12.2 Å². The summed E-state index contributed by atoms with van der Waals surface area (Å²) in [4.78, 5) is 19.7. The van der Waals surface area contributed by atoms with Gasteiger partial charge in [0.1, 0.15) is 5.70 Å². The molecule has 2 N–H and O–H groups in total. The molecule has 0 radical (unpaired) electrons. The standard InChI is InChI=1S/C8H10N4O2/c1-6(13)14-12-8-5-9-4-2-3-7(8)10-11-12/h2-4,10-11H,5H2,1H3. The summed E-state index contributed by atoms with van der Waals surface area (Å²) < 4.78 is 0. The Balaban J connectivity index is 2.16. The van der Waals surface area contributed by atoms with Gasteiger partial charge in [-0.3, -0.25) is 10.4 Å². The number of hydrogen-bond acceptors (Lipinski definition) is 6. The Morgan fingerprint density at radius 3 is 3.36 bits per heavy atom. The van der Waals surface area contributed by atoms with Crippen LogP contribution in [0.5, 0.6) is 0 Å². The van der Waals surface area contributed by atoms with Gasteiger partial charge in [0.2, 0.25) is 0 Å². The van der Waals surface area contributed by atoms with E-state index in [1.165, 1.54) is 12.1 Å². The van der Waals surface area contributed by atoms with Crippen LogP contribution in [0.25, 0.3) is 0 Å². The SMILES string of the molecule is CC(=O)ON1NNC2=C1CN=CC=C2. The molecule has 0 fully saturated rings. The minimum absolute atomic E-state index is 0.384. The zero-order valence-electron chi connectivity index (χ0n) is 7.65. The highest BCUT2D eigenvalue weighted by molar-refractivity contribution is 5.73. The molecule has 0 aromatic rings. The van der Waals surface area contributed by atoms with Crippen molar-refractivity contribution < 1.29 is 9.63 Å². The van der Waals surface area contributed by atoms with Gasteiger partial charge in [0.15, 0.2) is 0 Å². The minimum Gasteiger partial charge on any atom is -0.324 e. The summed E-state index contributed by atoms with van der Waals surface area (Å²) in [5.74, 6) is -0.384. The summed E-state index contributed by atoms with van der Waals surface area (Å²) >= 11 is 0. The molecule has 0 unspecified atom stereocenters. The van der Waals surface area contributed by atoms with E-state index in [-0.39, 0.29) is 5.97 Å². The lowest BCUT2D eigenvalue weighted by Crippen LogP contribution is -2.39. The van der Waals surface area contributed by atoms with Crippen molar-refractivity contribution in [3.8, 4) is 0 Å². The molecule has 2 aliphatic heterocycles. The Kier molecular flexibility index (Phi) is 2.19. The van der Waals surface area contributed by atoms with Crippen LogP contribution in [-0.4, -0.2) is 23.9 Å². The van der Waals surface area contributed by atoms with Crippen LogP contribution in [0.3, 0.4) is 0 Å². The fraction of sp³-hybridized carbons (Fsp3) is 0.250. The van der Waals surface area contributed by atoms with Crippen molar-refractivity contribution >= 4 is 12.2 Å². The van der Waals surface area contributed by atoms with Crippen LogP contribution in [0, 0.1) is 0 Å². The second-order valence-electron chi connectivity index (χ2n) is 2.82. The quantitative estimate of drug-likeness (QED) is 0.596. The number of carbonyl (C=O) groups is 1. The lowest BCUT2D eigenvalue weighted by molar-refractivity contribution is -0.190. The number of allylic oxidation sites excluding steroid dienone is 2. The van der Waals surface area contributed by atoms with Crippen LogP contribution in [-0.2, 0) is 9.63 Å². The molecule has 6 heteroatoms. The van der Waals surface area contributed by atoms with E-state index in [9.17, 15) is 4.79 Å². The smallest absolute Gasteiger partial charge is 0.324 e. The predicted octanol–water partition coefficient (Wildman–Crippen LogP) is -0.358. The summed E-state index contributed by atoms with van der Waals surface area (Å²) in [6.07, 6.45) is 5.36. The van der Waals surface area contributed by atoms with Gasteiger partial charge in [0.25, 0.3) is 0 Å². The second-order valence-corrected chi connectivity index (χ2v) is 2.82. The van der Waals surface area contributed by atoms with E-state index in [0.29, 0.717) is 6.54 Å². The molecule has 0 aromatic carbocycles. The van der Waals surface area contributed by atoms with Crippen LogP contribution in [0.1, 0.15) is 6.92 Å². The summed E-state index contributed by atoms with van der Waals surface area (Å²) in [5, 5.41) is 1.28. The number of nitrogens with one attached hydrogen (secondary N) is 2. The highest BCUT2D eigenvalue weighted by Gasteiger charge is 2.23. The number of nitrogens with zero attached hydrogens (tertiary/aromatic N) is 2. The molecule has 0 aromatic heterocycles. The first-order valence-corrected chi connectivity index (χ1v) is 4.17. The van der Waals surface area contributed by atoms with Gasteiger partial charge in [-0.1, -0.05) is 0 Å². The molecule has 0 saturated carbocycles. The largest absolute Gasteiger partial charge is 0.331 e. The van der Waals surface area contributed by atoms with Crippen molar-refractivity contribution in [1.82, 2.24) is 16.1 Å². The van der Waals surface area contributed by atoms with Gasteiger partial charge in [-0.25, -0.2) is 4.79 Å². The molecule has 0 aliphatic carbocycles. The highest BCUT2D eigenvalue weighted by Crippen LogP contribution is 2.15. The molecule has 2 rings (SSSR count). The van der Waals surface area contributed by atoms with Gasteiger partial charge in [-0.15, -0.1) is 10.7 Å². The molecule has 2 heterocycles. The lowest BCUT2D eigenvalue weighted by Gasteiger charge is -2.16. The summed E-state index contributed by atoms with van der Waals surface area (Å²) in [6, 6.07) is 0. The van der Waals surface area contributed by atoms with E-state index in [1.54, 1.807) is 6.21 Å². The van der Waals surface area contributed by atoms with Crippen molar-refractivity contribution in [2.45, 2.75) is 6.92 Å². The predicted molar refractivity (Wildman–Crippen MR) is 49.4 cm³/mol. The summed E-state index contributed by atoms with van der Waals surface area (Å²) in [5.41, 5.74) is 7.20. The third-order valence-electron chi connectivity index (χ3n) is 1.76. The van der Waals surface area contributed by atoms with Gasteiger partial charge < -0.3 is 4.84 Å². The molecular formula is C8H10N4O2. The lowest BCUT2D eigenvalue weighted by atomic mass is 10.3. The van der Waals surface area contributed by atoms with Crippen LogP contribution < -0.4 is 11.0 Å². The molecule has 0 atom stereocenters. The maximum atomic E-state index is 10.7. The number of hydroxylamine groups is 1. The first kappa shape index (κ1) is 8.76. The van der Waals surface area contributed by atoms with Gasteiger partial charge in [-0.2, -0.15) is 0 Å². The van der Waals surface area contributed by atoms with E-state index in [1.807, 2.05) is 12.2 Å². The minimum atomic E-state index is -0.384. The average molecular weight is 194 g/mol. The average Bonchev–Trinajstić information content (AvgIpc) is 2.37. The molecule has 74 valence electrons. The van der Waals surface area contributed by atoms with Crippen LogP contribution in [0.2, 0.25) is 0 Å². The molecule has 0 saturated heterocycles. The van der Waals surface area contributed by atoms with Gasteiger partial charge >= 0.3 is 5.97 Å². The van der Waals surface area contributed by atoms with Crippen molar-refractivity contribution in [2.75, 3.05) is 6.54 Å². The molecular weight excluding hydrogens is 184 g/mol. The third-order valence-corrected chi connectivity index (χ3v) is 1.76. The number of carbonyl (C=O) groups excluding carboxylic acids is 1. The zero-order valence-corrected chi connectivity index (χ0v) is 7.65. The maximum absolute atomic E-state index is 10.7. The van der Waals surface area contributed by atoms with Gasteiger partial charge in [-0.05, 0) is 12.2 Å². The second kappa shape index (κ2) is 3.51. The molecule has 0 spiro atoms. The fourth-order valence-corrected chi connectivity index (χ4v) is 1.19. The molecule has 6 nitrogen and oxygen atoms in total. The van der Waals surface area contributed by atoms with Crippen LogP contribution in [0.4, 0.5) is 0 Å². The van der Waals surface area contributed by atoms with E-state index < -0.39 is 0 Å². The number of rotatable bonds is 1. The first-order valence-electron chi connectivity index (χ1n) is 4.17. The Bertz CT molecular complexity index is 345. The fourth-order valence-electron chi connectivity index (χ4n) is 1.19.